The summed E-state index contributed by atoms with van der Waals surface area (Å²) in [6.07, 6.45) is 2.59. The SMILES string of the molecule is CCC(C)OC(=O)c1nnc(N=Nc2cc3c(cc2NS(=O)(=O)C(F)(F)F)N(CC(C)C)C(CC)CC3)s1. The first-order valence-corrected chi connectivity index (χ1v) is 14.5. The van der Waals surface area contributed by atoms with E-state index in [1.807, 2.05) is 27.7 Å². The predicted octanol–water partition coefficient (Wildman–Crippen LogP) is 6.36. The van der Waals surface area contributed by atoms with Crippen LogP contribution in [0.4, 0.5) is 35.4 Å². The van der Waals surface area contributed by atoms with Crippen molar-refractivity contribution in [2.45, 2.75) is 78.0 Å². The van der Waals surface area contributed by atoms with Crippen molar-refractivity contribution < 1.29 is 31.1 Å². The predicted molar refractivity (Wildman–Crippen MR) is 139 cm³/mol. The summed E-state index contributed by atoms with van der Waals surface area (Å²) in [5.74, 6) is -0.412. The van der Waals surface area contributed by atoms with Crippen molar-refractivity contribution in [3.63, 3.8) is 0 Å². The van der Waals surface area contributed by atoms with Gasteiger partial charge in [0.15, 0.2) is 0 Å². The highest BCUT2D eigenvalue weighted by Crippen LogP contribution is 2.41. The van der Waals surface area contributed by atoms with Crippen LogP contribution in [0, 0.1) is 5.92 Å². The number of halogens is 3. The number of azo groups is 1. The average Bonchev–Trinajstić information content (AvgIpc) is 3.31. The molecule has 210 valence electrons. The molecule has 1 aromatic carbocycles. The van der Waals surface area contributed by atoms with Crippen LogP contribution < -0.4 is 9.62 Å². The fourth-order valence-electron chi connectivity index (χ4n) is 3.95. The Balaban J connectivity index is 2.02. The van der Waals surface area contributed by atoms with Crippen LogP contribution in [0.3, 0.4) is 0 Å². The molecule has 0 spiro atoms. The number of esters is 1. The van der Waals surface area contributed by atoms with Gasteiger partial charge in [0.05, 0.1) is 11.8 Å². The number of nitrogens with one attached hydrogen (secondary N) is 1. The van der Waals surface area contributed by atoms with Gasteiger partial charge >= 0.3 is 21.5 Å². The number of carbonyl (C=O) groups is 1. The third-order valence-corrected chi connectivity index (χ3v) is 7.88. The van der Waals surface area contributed by atoms with E-state index < -0.39 is 21.5 Å². The molecule has 10 nitrogen and oxygen atoms in total. The third-order valence-electron chi connectivity index (χ3n) is 5.99. The van der Waals surface area contributed by atoms with Crippen LogP contribution >= 0.6 is 11.3 Å². The Morgan fingerprint density at radius 1 is 1.24 bits per heavy atom. The van der Waals surface area contributed by atoms with Gasteiger partial charge in [-0.15, -0.1) is 20.4 Å². The number of fused-ring (bicyclic) bond motifs is 1. The second-order valence-corrected chi connectivity index (χ2v) is 12.0. The lowest BCUT2D eigenvalue weighted by Gasteiger charge is -2.40. The quantitative estimate of drug-likeness (QED) is 0.258. The molecule has 3 rings (SSSR count). The van der Waals surface area contributed by atoms with Crippen LogP contribution in [0.1, 0.15) is 69.2 Å². The molecule has 1 N–H and O–H groups in total. The van der Waals surface area contributed by atoms with Crippen molar-refractivity contribution in [2.75, 3.05) is 16.2 Å². The number of aryl methyl sites for hydroxylation is 1. The molecule has 15 heteroatoms. The van der Waals surface area contributed by atoms with E-state index in [-0.39, 0.29) is 39.6 Å². The average molecular weight is 577 g/mol. The fourth-order valence-corrected chi connectivity index (χ4v) is 5.06. The van der Waals surface area contributed by atoms with Crippen LogP contribution in [0.5, 0.6) is 0 Å². The minimum atomic E-state index is -5.72. The summed E-state index contributed by atoms with van der Waals surface area (Å²) in [4.78, 5) is 14.3. The lowest BCUT2D eigenvalue weighted by molar-refractivity contribution is -0.0429. The van der Waals surface area contributed by atoms with Gasteiger partial charge in [0.25, 0.3) is 5.13 Å². The number of hydrogen-bond acceptors (Lipinski definition) is 10. The van der Waals surface area contributed by atoms with Crippen molar-refractivity contribution in [3.8, 4) is 0 Å². The van der Waals surface area contributed by atoms with Crippen molar-refractivity contribution in [2.24, 2.45) is 16.1 Å². The summed E-state index contributed by atoms with van der Waals surface area (Å²) in [6.45, 7) is 10.3. The molecular formula is C23H31F3N6O4S2. The zero-order chi connectivity index (χ0) is 28.3. The molecule has 0 saturated carbocycles. The highest BCUT2D eigenvalue weighted by atomic mass is 32.2. The summed E-state index contributed by atoms with van der Waals surface area (Å²) in [7, 11) is -5.72. The van der Waals surface area contributed by atoms with Gasteiger partial charge in [-0.3, -0.25) is 4.72 Å². The Bertz CT molecular complexity index is 1280. The second kappa shape index (κ2) is 11.9. The minimum absolute atomic E-state index is 0.0454. The molecule has 0 bridgehead atoms. The van der Waals surface area contributed by atoms with E-state index in [2.05, 4.69) is 25.3 Å². The van der Waals surface area contributed by atoms with Gasteiger partial charge in [0.1, 0.15) is 5.69 Å². The first kappa shape index (κ1) is 29.7. The van der Waals surface area contributed by atoms with Crippen molar-refractivity contribution >= 4 is 49.5 Å². The summed E-state index contributed by atoms with van der Waals surface area (Å²) < 4.78 is 70.5. The Hall–Kier alpha value is -2.81. The number of hydrogen-bond donors (Lipinski definition) is 1. The topological polar surface area (TPSA) is 126 Å². The molecule has 2 unspecified atom stereocenters. The number of anilines is 2. The number of nitrogens with zero attached hydrogens (tertiary/aromatic N) is 5. The van der Waals surface area contributed by atoms with Gasteiger partial charge in [0.2, 0.25) is 5.01 Å². The van der Waals surface area contributed by atoms with E-state index in [0.29, 0.717) is 25.1 Å². The molecule has 1 aliphatic rings. The van der Waals surface area contributed by atoms with E-state index in [4.69, 9.17) is 4.74 Å². The van der Waals surface area contributed by atoms with Crippen LogP contribution in [-0.2, 0) is 21.2 Å². The van der Waals surface area contributed by atoms with Gasteiger partial charge < -0.3 is 9.64 Å². The molecule has 0 fully saturated rings. The number of alkyl halides is 3. The molecule has 0 aliphatic carbocycles. The van der Waals surface area contributed by atoms with E-state index in [0.717, 1.165) is 29.7 Å². The first-order valence-electron chi connectivity index (χ1n) is 12.2. The molecule has 1 aliphatic heterocycles. The molecule has 38 heavy (non-hydrogen) atoms. The maximum Gasteiger partial charge on any atom is 0.516 e. The van der Waals surface area contributed by atoms with Gasteiger partial charge in [-0.2, -0.15) is 21.6 Å². The molecule has 2 atom stereocenters. The summed E-state index contributed by atoms with van der Waals surface area (Å²) >= 11 is 0.791. The Morgan fingerprint density at radius 3 is 2.55 bits per heavy atom. The molecular weight excluding hydrogens is 545 g/mol. The zero-order valence-electron chi connectivity index (χ0n) is 21.7. The van der Waals surface area contributed by atoms with Crippen LogP contribution in [0.2, 0.25) is 0 Å². The molecule has 0 amide bonds. The number of ether oxygens (including phenoxy) is 1. The molecule has 2 aromatic rings. The van der Waals surface area contributed by atoms with Gasteiger partial charge in [0, 0.05) is 18.3 Å². The lowest BCUT2D eigenvalue weighted by atomic mass is 9.92. The maximum absolute atomic E-state index is 13.2. The number of carbonyl (C=O) groups excluding carboxylic acids is 1. The summed E-state index contributed by atoms with van der Waals surface area (Å²) in [5.41, 5.74) is -4.53. The smallest absolute Gasteiger partial charge is 0.457 e. The van der Waals surface area contributed by atoms with Crippen molar-refractivity contribution in [1.29, 1.82) is 0 Å². The van der Waals surface area contributed by atoms with Gasteiger partial charge in [-0.05, 0) is 56.2 Å². The Morgan fingerprint density at radius 2 is 1.95 bits per heavy atom. The monoisotopic (exact) mass is 576 g/mol. The third kappa shape index (κ3) is 6.98. The van der Waals surface area contributed by atoms with Crippen LogP contribution in [0.15, 0.2) is 22.4 Å². The number of aromatic nitrogens is 2. The molecule has 0 radical (unpaired) electrons. The minimum Gasteiger partial charge on any atom is -0.457 e. The highest BCUT2D eigenvalue weighted by molar-refractivity contribution is 7.93. The van der Waals surface area contributed by atoms with Gasteiger partial charge in [-0.25, -0.2) is 4.79 Å². The normalized spacial score (nSPS) is 17.1. The second-order valence-electron chi connectivity index (χ2n) is 9.41. The molecule has 1 aromatic heterocycles. The summed E-state index contributed by atoms with van der Waals surface area (Å²) in [6, 6.07) is 3.08. The molecule has 2 heterocycles. The molecule has 0 saturated heterocycles. The number of rotatable bonds is 10. The largest absolute Gasteiger partial charge is 0.516 e. The van der Waals surface area contributed by atoms with Crippen molar-refractivity contribution in [1.82, 2.24) is 10.2 Å². The number of benzene rings is 1. The lowest BCUT2D eigenvalue weighted by Crippen LogP contribution is -2.41. The first-order chi connectivity index (χ1) is 17.8. The number of sulfonamides is 1. The summed E-state index contributed by atoms with van der Waals surface area (Å²) in [5, 5.41) is 15.3. The van der Waals surface area contributed by atoms with E-state index in [1.165, 1.54) is 12.1 Å². The van der Waals surface area contributed by atoms with E-state index >= 15 is 0 Å². The van der Waals surface area contributed by atoms with Crippen molar-refractivity contribution in [3.05, 3.63) is 22.7 Å². The fraction of sp³-hybridized carbons (Fsp3) is 0.609. The van der Waals surface area contributed by atoms with Crippen LogP contribution in [0.25, 0.3) is 0 Å². The Labute approximate surface area is 223 Å². The zero-order valence-corrected chi connectivity index (χ0v) is 23.4. The highest BCUT2D eigenvalue weighted by Gasteiger charge is 2.46. The van der Waals surface area contributed by atoms with E-state index in [9.17, 15) is 26.4 Å². The van der Waals surface area contributed by atoms with Gasteiger partial charge in [-0.1, -0.05) is 39.0 Å². The standard InChI is InChI=1S/C23H31F3N6O4S2/c1-6-14(5)36-21(33)20-28-30-22(37-20)29-27-17-10-15-8-9-16(7-2)32(12-13(3)4)19(15)11-18(17)31-38(34,35)23(24,25)26/h10-11,13-14,16,31H,6-9,12H2,1-5H3. The van der Waals surface area contributed by atoms with E-state index in [1.54, 1.807) is 11.6 Å². The maximum atomic E-state index is 13.2. The Kier molecular flexibility index (Phi) is 9.34. The van der Waals surface area contributed by atoms with Crippen LogP contribution in [-0.4, -0.2) is 48.8 Å².